The van der Waals surface area contributed by atoms with Crippen molar-refractivity contribution in [2.45, 2.75) is 13.3 Å². The van der Waals surface area contributed by atoms with Crippen molar-refractivity contribution in [1.29, 1.82) is 0 Å². The summed E-state index contributed by atoms with van der Waals surface area (Å²) in [4.78, 5) is 0. The molecule has 9 heavy (non-hydrogen) atoms. The zero-order chi connectivity index (χ0) is 6.85. The van der Waals surface area contributed by atoms with Crippen molar-refractivity contribution in [3.63, 3.8) is 0 Å². The van der Waals surface area contributed by atoms with Gasteiger partial charge in [0.1, 0.15) is 0 Å². The Kier molecular flexibility index (Phi) is 1.51. The molecule has 1 aliphatic heterocycles. The van der Waals surface area contributed by atoms with Crippen LogP contribution in [0.4, 0.5) is 8.78 Å². The number of hydrogen-bond acceptors (Lipinski definition) is 0. The summed E-state index contributed by atoms with van der Waals surface area (Å²) in [6.07, 6.45) is 1.15. The lowest BCUT2D eigenvalue weighted by atomic mass is 10.2. The summed E-state index contributed by atoms with van der Waals surface area (Å²) in [5.41, 5.74) is 0.417. The summed E-state index contributed by atoms with van der Waals surface area (Å²) >= 11 is 0. The first-order chi connectivity index (χ1) is 4.22. The minimum atomic E-state index is -2.41. The minimum Gasteiger partial charge on any atom is -0.254 e. The molecule has 2 radical (unpaired) electrons. The fourth-order valence-electron chi connectivity index (χ4n) is 0.580. The van der Waals surface area contributed by atoms with Gasteiger partial charge in [-0.3, -0.25) is 5.32 Å². The van der Waals surface area contributed by atoms with Crippen LogP contribution in [0.3, 0.4) is 0 Å². The number of alkyl halides is 2. The highest BCUT2D eigenvalue weighted by molar-refractivity contribution is 5.32. The zero-order valence-corrected chi connectivity index (χ0v) is 4.86. The highest BCUT2D eigenvalue weighted by Crippen LogP contribution is 2.19. The van der Waals surface area contributed by atoms with Crippen LogP contribution in [0.15, 0.2) is 17.3 Å². The van der Waals surface area contributed by atoms with Gasteiger partial charge in [0.2, 0.25) is 0 Å². The maximum atomic E-state index is 11.8. The van der Waals surface area contributed by atoms with Crippen LogP contribution >= 0.6 is 0 Å². The Hall–Kier alpha value is -0.860. The van der Waals surface area contributed by atoms with Crippen molar-refractivity contribution >= 4 is 0 Å². The Bertz CT molecular complexity index is 170. The van der Waals surface area contributed by atoms with E-state index in [2.05, 4.69) is 11.5 Å². The first-order valence-corrected chi connectivity index (χ1v) is 2.50. The molecule has 1 aliphatic rings. The fraction of sp³-hybridized carbons (Fsp3) is 0.333. The second-order valence-electron chi connectivity index (χ2n) is 1.75. The first kappa shape index (κ1) is 6.26. The molecule has 0 saturated carbocycles. The fourth-order valence-corrected chi connectivity index (χ4v) is 0.580. The van der Waals surface area contributed by atoms with Crippen LogP contribution in [0.1, 0.15) is 6.92 Å². The predicted octanol–water partition coefficient (Wildman–Crippen LogP) is 1.46. The first-order valence-electron chi connectivity index (χ1n) is 2.50. The Morgan fingerprint density at radius 3 is 2.56 bits per heavy atom. The molecule has 0 amide bonds. The van der Waals surface area contributed by atoms with E-state index < -0.39 is 6.43 Å². The van der Waals surface area contributed by atoms with E-state index in [1.165, 1.54) is 0 Å². The van der Waals surface area contributed by atoms with Gasteiger partial charge in [0, 0.05) is 11.8 Å². The number of nitrogens with zero attached hydrogens (tertiary/aromatic N) is 1. The summed E-state index contributed by atoms with van der Waals surface area (Å²) in [6.45, 7) is 1.56. The van der Waals surface area contributed by atoms with E-state index in [-0.39, 0.29) is 5.57 Å². The monoisotopic (exact) mass is 129 g/mol. The van der Waals surface area contributed by atoms with Gasteiger partial charge in [0.25, 0.3) is 6.43 Å². The van der Waals surface area contributed by atoms with Gasteiger partial charge in [-0.25, -0.2) is 8.78 Å². The molecule has 1 nitrogen and oxygen atoms in total. The van der Waals surface area contributed by atoms with Gasteiger partial charge in [-0.1, -0.05) is 0 Å². The lowest BCUT2D eigenvalue weighted by Gasteiger charge is -1.97. The van der Waals surface area contributed by atoms with E-state index in [9.17, 15) is 8.78 Å². The van der Waals surface area contributed by atoms with E-state index >= 15 is 0 Å². The average Bonchev–Trinajstić information content (AvgIpc) is 2.13. The topological polar surface area (TPSA) is 14.1 Å². The van der Waals surface area contributed by atoms with Gasteiger partial charge in [-0.05, 0) is 12.5 Å². The molecule has 0 unspecified atom stereocenters. The minimum absolute atomic E-state index is 0.0185. The molecule has 48 valence electrons. The number of hydrogen-bond donors (Lipinski definition) is 0. The summed E-state index contributed by atoms with van der Waals surface area (Å²) in [7, 11) is 0. The van der Waals surface area contributed by atoms with Gasteiger partial charge in [-0.2, -0.15) is 0 Å². The average molecular weight is 129 g/mol. The largest absolute Gasteiger partial charge is 0.265 e. The second-order valence-corrected chi connectivity index (χ2v) is 1.75. The third kappa shape index (κ3) is 1.09. The maximum absolute atomic E-state index is 11.8. The third-order valence-electron chi connectivity index (χ3n) is 1.10. The Balaban J connectivity index is 2.72. The molecular weight excluding hydrogens is 124 g/mol. The molecule has 0 aliphatic carbocycles. The second kappa shape index (κ2) is 2.17. The molecule has 0 aromatic heterocycles. The van der Waals surface area contributed by atoms with Crippen LogP contribution in [0, 0.1) is 6.20 Å². The van der Waals surface area contributed by atoms with Gasteiger partial charge in [0.15, 0.2) is 0 Å². The molecule has 0 spiro atoms. The van der Waals surface area contributed by atoms with Crippen LogP contribution in [0.5, 0.6) is 0 Å². The number of allylic oxidation sites excluding steroid dienone is 2. The highest BCUT2D eigenvalue weighted by atomic mass is 19.3. The van der Waals surface area contributed by atoms with Crippen LogP contribution < -0.4 is 5.32 Å². The van der Waals surface area contributed by atoms with E-state index in [1.54, 1.807) is 6.92 Å². The molecule has 0 bridgehead atoms. The summed E-state index contributed by atoms with van der Waals surface area (Å²) in [5.74, 6) is 0. The van der Waals surface area contributed by atoms with Crippen molar-refractivity contribution in [3.8, 4) is 0 Å². The van der Waals surface area contributed by atoms with E-state index in [0.717, 1.165) is 6.20 Å². The lowest BCUT2D eigenvalue weighted by Crippen LogP contribution is -1.94. The summed E-state index contributed by atoms with van der Waals surface area (Å²) in [6, 6.07) is 0. The third-order valence-corrected chi connectivity index (χ3v) is 1.10. The molecule has 1 rings (SSSR count). The van der Waals surface area contributed by atoms with E-state index in [0.29, 0.717) is 5.57 Å². The molecule has 0 N–H and O–H groups in total. The van der Waals surface area contributed by atoms with Crippen LogP contribution in [-0.2, 0) is 0 Å². The molecule has 0 fully saturated rings. The molecule has 0 aromatic carbocycles. The summed E-state index contributed by atoms with van der Waals surface area (Å²) in [5, 5.41) is 3.44. The van der Waals surface area contributed by atoms with Gasteiger partial charge < -0.3 is 0 Å². The van der Waals surface area contributed by atoms with Crippen LogP contribution in [-0.4, -0.2) is 6.43 Å². The van der Waals surface area contributed by atoms with Crippen molar-refractivity contribution in [3.05, 3.63) is 23.5 Å². The van der Waals surface area contributed by atoms with Crippen LogP contribution in [0.25, 0.3) is 0 Å². The van der Waals surface area contributed by atoms with Gasteiger partial charge >= 0.3 is 0 Å². The normalized spacial score (nSPS) is 17.3. The smallest absolute Gasteiger partial charge is 0.254 e. The standard InChI is InChI=1S/C6H5F2N/c1-4-2-9-3-5(4)6(7)8/h3,6H,1H3. The van der Waals surface area contributed by atoms with Crippen molar-refractivity contribution < 1.29 is 8.78 Å². The Morgan fingerprint density at radius 2 is 2.33 bits per heavy atom. The molecule has 0 saturated heterocycles. The van der Waals surface area contributed by atoms with Gasteiger partial charge in [-0.15, -0.1) is 0 Å². The molecule has 3 heteroatoms. The predicted molar refractivity (Wildman–Crippen MR) is 28.7 cm³/mol. The van der Waals surface area contributed by atoms with E-state index in [1.807, 2.05) is 0 Å². The van der Waals surface area contributed by atoms with Crippen LogP contribution in [0.2, 0.25) is 0 Å². The number of rotatable bonds is 1. The Labute approximate surface area is 52.1 Å². The molecular formula is C6H5F2N. The Morgan fingerprint density at radius 1 is 1.67 bits per heavy atom. The van der Waals surface area contributed by atoms with Crippen molar-refractivity contribution in [2.24, 2.45) is 0 Å². The molecule has 0 atom stereocenters. The maximum Gasteiger partial charge on any atom is 0.265 e. The lowest BCUT2D eigenvalue weighted by molar-refractivity contribution is 0.192. The van der Waals surface area contributed by atoms with Crippen molar-refractivity contribution in [1.82, 2.24) is 5.32 Å². The van der Waals surface area contributed by atoms with E-state index in [4.69, 9.17) is 0 Å². The SMILES string of the molecule is CC1=[C][N]C=C1C(F)F. The molecule has 1 heterocycles. The van der Waals surface area contributed by atoms with Crippen molar-refractivity contribution in [2.75, 3.05) is 0 Å². The quantitative estimate of drug-likeness (QED) is 0.509. The molecule has 0 aromatic rings. The number of halogens is 2. The highest BCUT2D eigenvalue weighted by Gasteiger charge is 2.16. The summed E-state index contributed by atoms with van der Waals surface area (Å²) < 4.78 is 23.6. The zero-order valence-electron chi connectivity index (χ0n) is 4.86. The van der Waals surface area contributed by atoms with Gasteiger partial charge in [0.05, 0.1) is 6.20 Å².